The molecule has 0 aliphatic heterocycles. The molecule has 19 heavy (non-hydrogen) atoms. The van der Waals surface area contributed by atoms with Crippen LogP contribution in [0.25, 0.3) is 0 Å². The van der Waals surface area contributed by atoms with Crippen LogP contribution in [0.5, 0.6) is 5.75 Å². The Bertz CT molecular complexity index is 440. The van der Waals surface area contributed by atoms with E-state index in [0.29, 0.717) is 12.0 Å². The van der Waals surface area contributed by atoms with Crippen LogP contribution in [0.4, 0.5) is 8.78 Å². The highest BCUT2D eigenvalue weighted by Crippen LogP contribution is 2.25. The van der Waals surface area contributed by atoms with Crippen molar-refractivity contribution in [1.29, 1.82) is 0 Å². The molecule has 2 atom stereocenters. The van der Waals surface area contributed by atoms with Gasteiger partial charge in [0.05, 0.1) is 7.11 Å². The van der Waals surface area contributed by atoms with Gasteiger partial charge in [0.2, 0.25) is 0 Å². The molecule has 2 unspecified atom stereocenters. The molecular formula is C13H17F2NO3. The van der Waals surface area contributed by atoms with E-state index in [-0.39, 0.29) is 6.04 Å². The van der Waals surface area contributed by atoms with Gasteiger partial charge in [0.25, 0.3) is 0 Å². The molecular weight excluding hydrogens is 256 g/mol. The van der Waals surface area contributed by atoms with Crippen LogP contribution in [0, 0.1) is 11.6 Å². The first kappa shape index (κ1) is 15.4. The Labute approximate surface area is 110 Å². The predicted octanol–water partition coefficient (Wildman–Crippen LogP) is 1.79. The standard InChI is InChI=1S/C13H17F2NO3/c1-7(16)4-9-5-10(14)12(11(15)6-9)19-8(2)13(17)18-3/h5-8H,4,16H2,1-3H3. The number of hydrogen-bond donors (Lipinski definition) is 1. The van der Waals surface area contributed by atoms with Crippen LogP contribution < -0.4 is 10.5 Å². The van der Waals surface area contributed by atoms with E-state index < -0.39 is 29.5 Å². The van der Waals surface area contributed by atoms with Gasteiger partial charge in [-0.15, -0.1) is 0 Å². The molecule has 0 fully saturated rings. The zero-order chi connectivity index (χ0) is 14.6. The van der Waals surface area contributed by atoms with Crippen molar-refractivity contribution in [2.75, 3.05) is 7.11 Å². The van der Waals surface area contributed by atoms with Gasteiger partial charge in [0, 0.05) is 6.04 Å². The average molecular weight is 273 g/mol. The molecule has 0 bridgehead atoms. The third-order valence-corrected chi connectivity index (χ3v) is 2.44. The van der Waals surface area contributed by atoms with Gasteiger partial charge in [-0.25, -0.2) is 13.6 Å². The van der Waals surface area contributed by atoms with E-state index in [4.69, 9.17) is 10.5 Å². The number of carbonyl (C=O) groups is 1. The Morgan fingerprint density at radius 2 is 1.84 bits per heavy atom. The fourth-order valence-corrected chi connectivity index (χ4v) is 1.61. The molecule has 0 aromatic heterocycles. The molecule has 1 rings (SSSR count). The Morgan fingerprint density at radius 1 is 1.32 bits per heavy atom. The zero-order valence-electron chi connectivity index (χ0n) is 11.1. The lowest BCUT2D eigenvalue weighted by Gasteiger charge is -2.15. The molecule has 0 saturated carbocycles. The largest absolute Gasteiger partial charge is 0.473 e. The summed E-state index contributed by atoms with van der Waals surface area (Å²) < 4.78 is 36.8. The number of nitrogens with two attached hydrogens (primary N) is 1. The highest BCUT2D eigenvalue weighted by molar-refractivity contribution is 5.74. The number of methoxy groups -OCH3 is 1. The van der Waals surface area contributed by atoms with Gasteiger partial charge in [0.1, 0.15) is 0 Å². The van der Waals surface area contributed by atoms with Crippen LogP contribution in [0.3, 0.4) is 0 Å². The summed E-state index contributed by atoms with van der Waals surface area (Å²) in [5.41, 5.74) is 6.00. The summed E-state index contributed by atoms with van der Waals surface area (Å²) in [6.45, 7) is 3.08. The molecule has 0 aliphatic carbocycles. The summed E-state index contributed by atoms with van der Waals surface area (Å²) in [6, 6.07) is 2.08. The van der Waals surface area contributed by atoms with Gasteiger partial charge in [0.15, 0.2) is 23.5 Å². The third kappa shape index (κ3) is 4.17. The maximum Gasteiger partial charge on any atom is 0.346 e. The van der Waals surface area contributed by atoms with E-state index in [1.807, 2.05) is 0 Å². The Hall–Kier alpha value is -1.69. The molecule has 4 nitrogen and oxygen atoms in total. The first-order valence-corrected chi connectivity index (χ1v) is 5.83. The van der Waals surface area contributed by atoms with E-state index >= 15 is 0 Å². The highest BCUT2D eigenvalue weighted by atomic mass is 19.1. The van der Waals surface area contributed by atoms with E-state index in [0.717, 1.165) is 12.1 Å². The maximum absolute atomic E-state index is 13.7. The summed E-state index contributed by atoms with van der Waals surface area (Å²) in [6.07, 6.45) is -0.742. The smallest absolute Gasteiger partial charge is 0.346 e. The van der Waals surface area contributed by atoms with Crippen molar-refractivity contribution in [1.82, 2.24) is 0 Å². The van der Waals surface area contributed by atoms with Gasteiger partial charge in [-0.05, 0) is 38.0 Å². The Morgan fingerprint density at radius 3 is 2.26 bits per heavy atom. The molecule has 2 N–H and O–H groups in total. The van der Waals surface area contributed by atoms with Gasteiger partial charge in [-0.2, -0.15) is 0 Å². The second-order valence-corrected chi connectivity index (χ2v) is 4.35. The lowest BCUT2D eigenvalue weighted by molar-refractivity contribution is -0.148. The van der Waals surface area contributed by atoms with Gasteiger partial charge in [-0.1, -0.05) is 0 Å². The average Bonchev–Trinajstić information content (AvgIpc) is 2.31. The number of rotatable bonds is 5. The van der Waals surface area contributed by atoms with Crippen molar-refractivity contribution < 1.29 is 23.0 Å². The van der Waals surface area contributed by atoms with Crippen molar-refractivity contribution in [3.8, 4) is 5.75 Å². The number of ether oxygens (including phenoxy) is 2. The Kier molecular flexibility index (Phi) is 5.23. The Balaban J connectivity index is 2.94. The molecule has 0 heterocycles. The fourth-order valence-electron chi connectivity index (χ4n) is 1.61. The summed E-state index contributed by atoms with van der Waals surface area (Å²) in [5, 5.41) is 0. The minimum atomic E-state index is -1.09. The number of benzene rings is 1. The molecule has 106 valence electrons. The first-order valence-electron chi connectivity index (χ1n) is 5.83. The number of halogens is 2. The van der Waals surface area contributed by atoms with Crippen molar-refractivity contribution in [3.63, 3.8) is 0 Å². The summed E-state index contributed by atoms with van der Waals surface area (Å²) in [4.78, 5) is 11.1. The quantitative estimate of drug-likeness (QED) is 0.831. The van der Waals surface area contributed by atoms with Crippen LogP contribution in [0.2, 0.25) is 0 Å². The normalized spacial score (nSPS) is 13.8. The number of hydrogen-bond acceptors (Lipinski definition) is 4. The maximum atomic E-state index is 13.7. The van der Waals surface area contributed by atoms with Crippen LogP contribution in [0.15, 0.2) is 12.1 Å². The topological polar surface area (TPSA) is 61.5 Å². The van der Waals surface area contributed by atoms with E-state index in [2.05, 4.69) is 4.74 Å². The molecule has 0 aliphatic rings. The van der Waals surface area contributed by atoms with E-state index in [1.165, 1.54) is 14.0 Å². The second-order valence-electron chi connectivity index (χ2n) is 4.35. The molecule has 0 spiro atoms. The van der Waals surface area contributed by atoms with Crippen molar-refractivity contribution in [3.05, 3.63) is 29.3 Å². The SMILES string of the molecule is COC(=O)C(C)Oc1c(F)cc(CC(C)N)cc1F. The van der Waals surface area contributed by atoms with Gasteiger partial charge >= 0.3 is 5.97 Å². The lowest BCUT2D eigenvalue weighted by Crippen LogP contribution is -2.26. The molecule has 0 radical (unpaired) electrons. The first-order chi connectivity index (χ1) is 8.85. The van der Waals surface area contributed by atoms with E-state index in [9.17, 15) is 13.6 Å². The number of carbonyl (C=O) groups excluding carboxylic acids is 1. The second kappa shape index (κ2) is 6.47. The fraction of sp³-hybridized carbons (Fsp3) is 0.462. The monoisotopic (exact) mass is 273 g/mol. The number of esters is 1. The van der Waals surface area contributed by atoms with Crippen molar-refractivity contribution >= 4 is 5.97 Å². The molecule has 0 saturated heterocycles. The van der Waals surface area contributed by atoms with E-state index in [1.54, 1.807) is 6.92 Å². The third-order valence-electron chi connectivity index (χ3n) is 2.44. The van der Waals surface area contributed by atoms with Gasteiger partial charge in [-0.3, -0.25) is 0 Å². The van der Waals surface area contributed by atoms with Crippen LogP contribution >= 0.6 is 0 Å². The summed E-state index contributed by atoms with van der Waals surface area (Å²) >= 11 is 0. The van der Waals surface area contributed by atoms with Crippen LogP contribution in [-0.2, 0) is 16.0 Å². The molecule has 0 amide bonds. The highest BCUT2D eigenvalue weighted by Gasteiger charge is 2.20. The molecule has 6 heteroatoms. The lowest BCUT2D eigenvalue weighted by atomic mass is 10.1. The minimum Gasteiger partial charge on any atom is -0.473 e. The van der Waals surface area contributed by atoms with Crippen LogP contribution in [0.1, 0.15) is 19.4 Å². The van der Waals surface area contributed by atoms with Gasteiger partial charge < -0.3 is 15.2 Å². The van der Waals surface area contributed by atoms with Crippen molar-refractivity contribution in [2.24, 2.45) is 5.73 Å². The summed E-state index contributed by atoms with van der Waals surface area (Å²) in [7, 11) is 1.17. The summed E-state index contributed by atoms with van der Waals surface area (Å²) in [5.74, 6) is -3.04. The molecule has 1 aromatic rings. The molecule has 1 aromatic carbocycles. The zero-order valence-corrected chi connectivity index (χ0v) is 11.1. The van der Waals surface area contributed by atoms with Crippen molar-refractivity contribution in [2.45, 2.75) is 32.4 Å². The predicted molar refractivity (Wildman–Crippen MR) is 65.8 cm³/mol. The minimum absolute atomic E-state index is 0.209. The van der Waals surface area contributed by atoms with Crippen LogP contribution in [-0.4, -0.2) is 25.2 Å².